The summed E-state index contributed by atoms with van der Waals surface area (Å²) in [4.78, 5) is 0. The molecule has 0 aromatic heterocycles. The van der Waals surface area contributed by atoms with Gasteiger partial charge in [0.05, 0.1) is 5.75 Å². The molecule has 0 aliphatic heterocycles. The van der Waals surface area contributed by atoms with Gasteiger partial charge in [0.1, 0.15) is 0 Å². The van der Waals surface area contributed by atoms with Crippen molar-refractivity contribution in [2.24, 2.45) is 5.90 Å². The van der Waals surface area contributed by atoms with E-state index >= 15 is 0 Å². The Kier molecular flexibility index (Phi) is 5.06. The summed E-state index contributed by atoms with van der Waals surface area (Å²) in [5.41, 5.74) is 0. The number of unbranched alkanes of at least 4 members (excludes halogenated alkanes) is 1. The van der Waals surface area contributed by atoms with Gasteiger partial charge in [0.15, 0.2) is 0 Å². The van der Waals surface area contributed by atoms with Crippen LogP contribution in [0.25, 0.3) is 0 Å². The zero-order valence-electron chi connectivity index (χ0n) is 5.49. The summed E-state index contributed by atoms with van der Waals surface area (Å²) in [7, 11) is -3.45. The molecule has 0 aliphatic carbocycles. The monoisotopic (exact) mass is 185 g/mol. The summed E-state index contributed by atoms with van der Waals surface area (Å²) >= 11 is 3.91. The summed E-state index contributed by atoms with van der Waals surface area (Å²) in [5.74, 6) is 5.14. The molecule has 0 rings (SSSR count). The number of hydrogen-bond donors (Lipinski definition) is 2. The van der Waals surface area contributed by atoms with Crippen LogP contribution in [0.15, 0.2) is 0 Å². The van der Waals surface area contributed by atoms with Gasteiger partial charge in [-0.1, -0.05) is 0 Å². The van der Waals surface area contributed by atoms with Crippen LogP contribution in [0.4, 0.5) is 0 Å². The minimum absolute atomic E-state index is 0.0238. The van der Waals surface area contributed by atoms with Crippen molar-refractivity contribution in [3.63, 3.8) is 0 Å². The van der Waals surface area contributed by atoms with Crippen LogP contribution in [-0.4, -0.2) is 19.9 Å². The fourth-order valence-electron chi connectivity index (χ4n) is 0.439. The van der Waals surface area contributed by atoms with E-state index in [1.165, 1.54) is 0 Å². The first kappa shape index (κ1) is 10.2. The SMILES string of the molecule is NOS(=O)(=O)CCCCS. The van der Waals surface area contributed by atoms with Crippen LogP contribution in [0.3, 0.4) is 0 Å². The third-order valence-corrected chi connectivity index (χ3v) is 2.35. The lowest BCUT2D eigenvalue weighted by Crippen LogP contribution is -2.14. The lowest BCUT2D eigenvalue weighted by atomic mass is 10.4. The summed E-state index contributed by atoms with van der Waals surface area (Å²) in [6.07, 6.45) is 1.30. The molecular weight excluding hydrogens is 174 g/mol. The lowest BCUT2D eigenvalue weighted by molar-refractivity contribution is 0.332. The molecule has 0 radical (unpaired) electrons. The molecule has 0 aliphatic rings. The molecule has 0 heterocycles. The predicted octanol–water partition coefficient (Wildman–Crippen LogP) is -0.0835. The van der Waals surface area contributed by atoms with Gasteiger partial charge in [-0.3, -0.25) is 0 Å². The highest BCUT2D eigenvalue weighted by Gasteiger charge is 2.07. The fraction of sp³-hybridized carbons (Fsp3) is 1.00. The quantitative estimate of drug-likeness (QED) is 0.357. The van der Waals surface area contributed by atoms with Gasteiger partial charge in [-0.25, -0.2) is 0 Å². The molecule has 0 unspecified atom stereocenters. The van der Waals surface area contributed by atoms with Gasteiger partial charge in [-0.2, -0.15) is 31.2 Å². The normalized spacial score (nSPS) is 11.8. The highest BCUT2D eigenvalue weighted by Crippen LogP contribution is 1.97. The molecule has 62 valence electrons. The second kappa shape index (κ2) is 4.95. The largest absolute Gasteiger partial charge is 0.283 e. The summed E-state index contributed by atoms with van der Waals surface area (Å²) in [6.45, 7) is 0. The van der Waals surface area contributed by atoms with Gasteiger partial charge in [-0.15, -0.1) is 0 Å². The van der Waals surface area contributed by atoms with E-state index in [2.05, 4.69) is 22.8 Å². The average molecular weight is 185 g/mol. The van der Waals surface area contributed by atoms with Crippen LogP contribution in [0.1, 0.15) is 12.8 Å². The smallest absolute Gasteiger partial charge is 0.198 e. The van der Waals surface area contributed by atoms with Crippen LogP contribution >= 0.6 is 12.6 Å². The Hall–Kier alpha value is 0.220. The fourth-order valence-corrected chi connectivity index (χ4v) is 1.32. The molecule has 0 amide bonds. The second-order valence-electron chi connectivity index (χ2n) is 1.79. The van der Waals surface area contributed by atoms with E-state index in [0.29, 0.717) is 12.2 Å². The molecule has 6 heteroatoms. The minimum atomic E-state index is -3.45. The third-order valence-electron chi connectivity index (χ3n) is 0.949. The zero-order valence-corrected chi connectivity index (χ0v) is 7.20. The van der Waals surface area contributed by atoms with E-state index in [1.54, 1.807) is 0 Å². The molecule has 0 aromatic carbocycles. The zero-order chi connectivity index (χ0) is 8.04. The number of thiol groups is 1. The van der Waals surface area contributed by atoms with E-state index in [1.807, 2.05) is 0 Å². The van der Waals surface area contributed by atoms with Crippen molar-refractivity contribution < 1.29 is 12.7 Å². The topological polar surface area (TPSA) is 69.4 Å². The Bertz CT molecular complexity index is 165. The van der Waals surface area contributed by atoms with Crippen molar-refractivity contribution in [3.05, 3.63) is 0 Å². The third kappa shape index (κ3) is 5.04. The molecular formula is C4H11NO3S2. The van der Waals surface area contributed by atoms with Gasteiger partial charge in [0.25, 0.3) is 10.1 Å². The van der Waals surface area contributed by atoms with Gasteiger partial charge >= 0.3 is 0 Å². The predicted molar refractivity (Wildman–Crippen MR) is 42.1 cm³/mol. The van der Waals surface area contributed by atoms with Crippen molar-refractivity contribution in [2.45, 2.75) is 12.8 Å². The van der Waals surface area contributed by atoms with Crippen LogP contribution in [0.2, 0.25) is 0 Å². The van der Waals surface area contributed by atoms with Crippen molar-refractivity contribution in [2.75, 3.05) is 11.5 Å². The van der Waals surface area contributed by atoms with Crippen LogP contribution in [0.5, 0.6) is 0 Å². The van der Waals surface area contributed by atoms with Gasteiger partial charge in [0, 0.05) is 0 Å². The first-order valence-electron chi connectivity index (χ1n) is 2.84. The van der Waals surface area contributed by atoms with Gasteiger partial charge < -0.3 is 0 Å². The van der Waals surface area contributed by atoms with Crippen molar-refractivity contribution >= 4 is 22.7 Å². The first-order chi connectivity index (χ1) is 4.62. The second-order valence-corrected chi connectivity index (χ2v) is 3.95. The molecule has 0 fully saturated rings. The van der Waals surface area contributed by atoms with Gasteiger partial charge in [0.2, 0.25) is 0 Å². The average Bonchev–Trinajstić information content (AvgIpc) is 1.89. The lowest BCUT2D eigenvalue weighted by Gasteiger charge is -1.97. The molecule has 10 heavy (non-hydrogen) atoms. The van der Waals surface area contributed by atoms with E-state index in [9.17, 15) is 8.42 Å². The van der Waals surface area contributed by atoms with Crippen molar-refractivity contribution in [3.8, 4) is 0 Å². The number of nitrogens with two attached hydrogens (primary N) is 1. The highest BCUT2D eigenvalue weighted by atomic mass is 32.2. The van der Waals surface area contributed by atoms with E-state index < -0.39 is 10.1 Å². The van der Waals surface area contributed by atoms with Crippen LogP contribution in [0, 0.1) is 0 Å². The summed E-state index contributed by atoms with van der Waals surface area (Å²) in [5, 5.41) is 0. The first-order valence-corrected chi connectivity index (χ1v) is 5.05. The van der Waals surface area contributed by atoms with Crippen LogP contribution in [-0.2, 0) is 14.4 Å². The Morgan fingerprint density at radius 2 is 2.00 bits per heavy atom. The molecule has 0 saturated carbocycles. The van der Waals surface area contributed by atoms with Crippen molar-refractivity contribution in [1.29, 1.82) is 0 Å². The molecule has 4 nitrogen and oxygen atoms in total. The molecule has 0 spiro atoms. The van der Waals surface area contributed by atoms with E-state index in [-0.39, 0.29) is 5.75 Å². The Morgan fingerprint density at radius 1 is 1.40 bits per heavy atom. The van der Waals surface area contributed by atoms with Crippen LogP contribution < -0.4 is 5.90 Å². The Labute approximate surface area is 66.2 Å². The highest BCUT2D eigenvalue weighted by molar-refractivity contribution is 7.86. The number of rotatable bonds is 5. The van der Waals surface area contributed by atoms with E-state index in [4.69, 9.17) is 0 Å². The van der Waals surface area contributed by atoms with E-state index in [0.717, 1.165) is 6.42 Å². The maximum Gasteiger partial charge on any atom is 0.283 e. The molecule has 0 aromatic rings. The van der Waals surface area contributed by atoms with Gasteiger partial charge in [-0.05, 0) is 18.6 Å². The summed E-state index contributed by atoms with van der Waals surface area (Å²) in [6, 6.07) is 0. The minimum Gasteiger partial charge on any atom is -0.198 e. The molecule has 2 N–H and O–H groups in total. The van der Waals surface area contributed by atoms with Crippen molar-refractivity contribution in [1.82, 2.24) is 0 Å². The Morgan fingerprint density at radius 3 is 2.40 bits per heavy atom. The summed E-state index contributed by atoms with van der Waals surface area (Å²) < 4.78 is 24.7. The standard InChI is InChI=1S/C4H11NO3S2/c5-8-10(6,7)4-2-1-3-9/h9H,1-5H2. The molecule has 0 atom stereocenters. The Balaban J connectivity index is 3.49. The molecule has 0 saturated heterocycles. The molecule has 0 bridgehead atoms. The number of hydrogen-bond acceptors (Lipinski definition) is 5. The maximum absolute atomic E-state index is 10.5. The maximum atomic E-state index is 10.5.